The van der Waals surface area contributed by atoms with E-state index in [2.05, 4.69) is 5.32 Å². The summed E-state index contributed by atoms with van der Waals surface area (Å²) in [6, 6.07) is 6.96. The van der Waals surface area contributed by atoms with Crippen LogP contribution in [0.5, 0.6) is 0 Å². The Bertz CT molecular complexity index is 545. The Labute approximate surface area is 147 Å². The van der Waals surface area contributed by atoms with Crippen LogP contribution in [0.3, 0.4) is 0 Å². The average Bonchev–Trinajstić information content (AvgIpc) is 3.12. The summed E-state index contributed by atoms with van der Waals surface area (Å²) in [5.74, 6) is -0.0468. The standard InChI is InChI=1S/C17H24ClN3O3/c18-15-6-4-14(5-7-15)13-21(10-3-11-22)17(24)19-12-16(23)20-8-1-2-9-20/h4-7,22H,1-3,8-13H2,(H,19,24). The first kappa shape index (κ1) is 18.5. The first-order chi connectivity index (χ1) is 11.6. The number of urea groups is 1. The summed E-state index contributed by atoms with van der Waals surface area (Å²) in [5, 5.41) is 12.4. The molecule has 1 aliphatic heterocycles. The van der Waals surface area contributed by atoms with Crippen molar-refractivity contribution in [3.05, 3.63) is 34.9 Å². The van der Waals surface area contributed by atoms with Gasteiger partial charge < -0.3 is 20.2 Å². The number of aliphatic hydroxyl groups excluding tert-OH is 1. The van der Waals surface area contributed by atoms with Gasteiger partial charge in [-0.3, -0.25) is 4.79 Å². The fraction of sp³-hybridized carbons (Fsp3) is 0.529. The Morgan fingerprint density at radius 2 is 1.88 bits per heavy atom. The van der Waals surface area contributed by atoms with Crippen molar-refractivity contribution in [1.29, 1.82) is 0 Å². The lowest BCUT2D eigenvalue weighted by molar-refractivity contribution is -0.129. The van der Waals surface area contributed by atoms with Gasteiger partial charge in [0.2, 0.25) is 5.91 Å². The third-order valence-electron chi connectivity index (χ3n) is 4.01. The Morgan fingerprint density at radius 1 is 1.21 bits per heavy atom. The van der Waals surface area contributed by atoms with Crippen LogP contribution in [0.4, 0.5) is 4.79 Å². The van der Waals surface area contributed by atoms with Crippen LogP contribution in [-0.2, 0) is 11.3 Å². The zero-order valence-electron chi connectivity index (χ0n) is 13.7. The smallest absolute Gasteiger partial charge is 0.318 e. The van der Waals surface area contributed by atoms with E-state index in [0.717, 1.165) is 31.5 Å². The van der Waals surface area contributed by atoms with Crippen LogP contribution in [0.2, 0.25) is 5.02 Å². The molecule has 0 saturated carbocycles. The number of aliphatic hydroxyl groups is 1. The third kappa shape index (κ3) is 5.69. The largest absolute Gasteiger partial charge is 0.396 e. The van der Waals surface area contributed by atoms with Gasteiger partial charge in [0.15, 0.2) is 0 Å². The fourth-order valence-electron chi connectivity index (χ4n) is 2.67. The molecule has 6 nitrogen and oxygen atoms in total. The van der Waals surface area contributed by atoms with E-state index < -0.39 is 0 Å². The van der Waals surface area contributed by atoms with Crippen LogP contribution in [0, 0.1) is 0 Å². The van der Waals surface area contributed by atoms with Gasteiger partial charge in [-0.1, -0.05) is 23.7 Å². The molecule has 1 aliphatic rings. The first-order valence-electron chi connectivity index (χ1n) is 8.26. The van der Waals surface area contributed by atoms with Gasteiger partial charge in [0.05, 0.1) is 6.54 Å². The van der Waals surface area contributed by atoms with Crippen molar-refractivity contribution in [2.45, 2.75) is 25.8 Å². The zero-order valence-corrected chi connectivity index (χ0v) is 14.5. The Morgan fingerprint density at radius 3 is 2.50 bits per heavy atom. The Kier molecular flexibility index (Phi) is 7.34. The van der Waals surface area contributed by atoms with Crippen LogP contribution < -0.4 is 5.32 Å². The predicted molar refractivity (Wildman–Crippen MR) is 92.8 cm³/mol. The van der Waals surface area contributed by atoms with Crippen LogP contribution in [0.15, 0.2) is 24.3 Å². The summed E-state index contributed by atoms with van der Waals surface area (Å²) in [4.78, 5) is 27.8. The molecule has 1 saturated heterocycles. The van der Waals surface area contributed by atoms with E-state index in [0.29, 0.717) is 24.5 Å². The number of carbonyl (C=O) groups excluding carboxylic acids is 2. The summed E-state index contributed by atoms with van der Waals surface area (Å²) in [6.45, 7) is 2.39. The molecule has 0 aromatic heterocycles. The molecule has 0 unspecified atom stereocenters. The number of nitrogens with one attached hydrogen (secondary N) is 1. The number of halogens is 1. The molecule has 1 aromatic carbocycles. The maximum atomic E-state index is 12.4. The molecule has 7 heteroatoms. The van der Waals surface area contributed by atoms with E-state index >= 15 is 0 Å². The molecule has 0 atom stereocenters. The molecule has 132 valence electrons. The predicted octanol–water partition coefficient (Wildman–Crippen LogP) is 1.86. The van der Waals surface area contributed by atoms with E-state index in [4.69, 9.17) is 16.7 Å². The molecule has 2 N–H and O–H groups in total. The molecule has 0 radical (unpaired) electrons. The zero-order chi connectivity index (χ0) is 17.4. The monoisotopic (exact) mass is 353 g/mol. The van der Waals surface area contributed by atoms with Gasteiger partial charge in [0.1, 0.15) is 0 Å². The van der Waals surface area contributed by atoms with Crippen molar-refractivity contribution in [2.75, 3.05) is 32.8 Å². The topological polar surface area (TPSA) is 72.9 Å². The van der Waals surface area contributed by atoms with Crippen molar-refractivity contribution in [2.24, 2.45) is 0 Å². The summed E-state index contributed by atoms with van der Waals surface area (Å²) in [6.07, 6.45) is 2.54. The molecule has 0 bridgehead atoms. The highest BCUT2D eigenvalue weighted by atomic mass is 35.5. The van der Waals surface area contributed by atoms with Gasteiger partial charge in [-0.25, -0.2) is 4.79 Å². The van der Waals surface area contributed by atoms with Gasteiger partial charge in [-0.15, -0.1) is 0 Å². The van der Waals surface area contributed by atoms with Crippen LogP contribution >= 0.6 is 11.6 Å². The van der Waals surface area contributed by atoms with E-state index in [-0.39, 0.29) is 25.1 Å². The molecular formula is C17H24ClN3O3. The number of hydrogen-bond donors (Lipinski definition) is 2. The molecule has 1 heterocycles. The molecule has 2 rings (SSSR count). The molecular weight excluding hydrogens is 330 g/mol. The van der Waals surface area contributed by atoms with E-state index in [9.17, 15) is 9.59 Å². The summed E-state index contributed by atoms with van der Waals surface area (Å²) < 4.78 is 0. The fourth-order valence-corrected chi connectivity index (χ4v) is 2.79. The van der Waals surface area contributed by atoms with Crippen molar-refractivity contribution in [3.8, 4) is 0 Å². The minimum absolute atomic E-state index is 0.00900. The Balaban J connectivity index is 1.88. The van der Waals surface area contributed by atoms with Crippen LogP contribution in [0.1, 0.15) is 24.8 Å². The lowest BCUT2D eigenvalue weighted by Crippen LogP contribution is -2.45. The summed E-state index contributed by atoms with van der Waals surface area (Å²) in [5.41, 5.74) is 0.943. The molecule has 1 aromatic rings. The summed E-state index contributed by atoms with van der Waals surface area (Å²) in [7, 11) is 0. The van der Waals surface area contributed by atoms with E-state index in [1.165, 1.54) is 0 Å². The molecule has 24 heavy (non-hydrogen) atoms. The second-order valence-corrected chi connectivity index (χ2v) is 6.31. The lowest BCUT2D eigenvalue weighted by atomic mass is 10.2. The van der Waals surface area contributed by atoms with Crippen molar-refractivity contribution >= 4 is 23.5 Å². The van der Waals surface area contributed by atoms with Crippen molar-refractivity contribution < 1.29 is 14.7 Å². The highest BCUT2D eigenvalue weighted by molar-refractivity contribution is 6.30. The van der Waals surface area contributed by atoms with Crippen LogP contribution in [0.25, 0.3) is 0 Å². The number of likely N-dealkylation sites (tertiary alicyclic amines) is 1. The summed E-state index contributed by atoms with van der Waals surface area (Å²) >= 11 is 5.87. The van der Waals surface area contributed by atoms with Gasteiger partial charge in [-0.2, -0.15) is 0 Å². The normalized spacial score (nSPS) is 13.8. The van der Waals surface area contributed by atoms with Gasteiger partial charge in [-0.05, 0) is 37.0 Å². The number of benzene rings is 1. The number of hydrogen-bond acceptors (Lipinski definition) is 3. The van der Waals surface area contributed by atoms with E-state index in [1.54, 1.807) is 21.9 Å². The second-order valence-electron chi connectivity index (χ2n) is 5.87. The van der Waals surface area contributed by atoms with Gasteiger partial charge >= 0.3 is 6.03 Å². The van der Waals surface area contributed by atoms with Gasteiger partial charge in [0.25, 0.3) is 0 Å². The number of amides is 3. The maximum Gasteiger partial charge on any atom is 0.318 e. The minimum atomic E-state index is -0.300. The Hall–Kier alpha value is -1.79. The molecule has 1 fully saturated rings. The molecule has 0 aliphatic carbocycles. The maximum absolute atomic E-state index is 12.4. The molecule has 0 spiro atoms. The highest BCUT2D eigenvalue weighted by Gasteiger charge is 2.20. The van der Waals surface area contributed by atoms with Crippen molar-refractivity contribution in [3.63, 3.8) is 0 Å². The third-order valence-corrected chi connectivity index (χ3v) is 4.26. The first-order valence-corrected chi connectivity index (χ1v) is 8.64. The van der Waals surface area contributed by atoms with Crippen molar-refractivity contribution in [1.82, 2.24) is 15.1 Å². The van der Waals surface area contributed by atoms with E-state index in [1.807, 2.05) is 12.1 Å². The van der Waals surface area contributed by atoms with Crippen LogP contribution in [-0.4, -0.2) is 59.6 Å². The minimum Gasteiger partial charge on any atom is -0.396 e. The highest BCUT2D eigenvalue weighted by Crippen LogP contribution is 2.12. The quantitative estimate of drug-likeness (QED) is 0.785. The number of nitrogens with zero attached hydrogens (tertiary/aromatic N) is 2. The SMILES string of the molecule is O=C(CNC(=O)N(CCCO)Cc1ccc(Cl)cc1)N1CCCC1. The lowest BCUT2D eigenvalue weighted by Gasteiger charge is -2.24. The van der Waals surface area contributed by atoms with Gasteiger partial charge in [0, 0.05) is 37.8 Å². The number of carbonyl (C=O) groups is 2. The second kappa shape index (κ2) is 9.49. The molecule has 3 amide bonds. The average molecular weight is 354 g/mol. The number of rotatable bonds is 7.